The summed E-state index contributed by atoms with van der Waals surface area (Å²) in [5, 5.41) is 12.7. The van der Waals surface area contributed by atoms with Crippen molar-refractivity contribution in [2.75, 3.05) is 19.8 Å². The van der Waals surface area contributed by atoms with Crippen molar-refractivity contribution in [3.63, 3.8) is 0 Å². The van der Waals surface area contributed by atoms with Gasteiger partial charge in [0.2, 0.25) is 5.91 Å². The second kappa shape index (κ2) is 6.95. The molecule has 2 N–H and O–H groups in total. The third-order valence-corrected chi connectivity index (χ3v) is 3.84. The minimum atomic E-state index is -0.0323. The third kappa shape index (κ3) is 4.69. The Hall–Kier alpha value is -1.26. The number of hydrogen-bond acceptors (Lipinski definition) is 3. The number of carbonyl (C=O) groups is 1. The summed E-state index contributed by atoms with van der Waals surface area (Å²) in [6.07, 6.45) is 3.11. The van der Waals surface area contributed by atoms with E-state index in [4.69, 9.17) is 21.4 Å². The van der Waals surface area contributed by atoms with Crippen LogP contribution in [0.5, 0.6) is 5.75 Å². The number of carbonyl (C=O) groups excluding carboxylic acids is 1. The molecule has 0 atom stereocenters. The summed E-state index contributed by atoms with van der Waals surface area (Å²) < 4.78 is 5.51. The van der Waals surface area contributed by atoms with Gasteiger partial charge in [0.1, 0.15) is 5.75 Å². The Kier molecular flexibility index (Phi) is 5.26. The summed E-state index contributed by atoms with van der Waals surface area (Å²) in [6.45, 7) is 1.24. The third-order valence-electron chi connectivity index (χ3n) is 3.58. The molecule has 1 fully saturated rings. The summed E-state index contributed by atoms with van der Waals surface area (Å²) in [7, 11) is 0. The zero-order chi connectivity index (χ0) is 14.4. The van der Waals surface area contributed by atoms with Crippen molar-refractivity contribution in [2.45, 2.75) is 25.7 Å². The van der Waals surface area contributed by atoms with Crippen LogP contribution in [0.1, 0.15) is 25.7 Å². The van der Waals surface area contributed by atoms with E-state index >= 15 is 0 Å². The van der Waals surface area contributed by atoms with Crippen molar-refractivity contribution >= 4 is 17.5 Å². The maximum atomic E-state index is 11.6. The van der Waals surface area contributed by atoms with Crippen LogP contribution in [-0.4, -0.2) is 30.8 Å². The Morgan fingerprint density at radius 3 is 2.65 bits per heavy atom. The molecule has 1 saturated carbocycles. The van der Waals surface area contributed by atoms with Gasteiger partial charge in [-0.15, -0.1) is 0 Å². The lowest BCUT2D eigenvalue weighted by Gasteiger charge is -2.12. The molecule has 4 nitrogen and oxygen atoms in total. The van der Waals surface area contributed by atoms with Crippen molar-refractivity contribution in [3.8, 4) is 5.75 Å². The number of benzene rings is 1. The maximum Gasteiger partial charge on any atom is 0.220 e. The quantitative estimate of drug-likeness (QED) is 0.724. The highest BCUT2D eigenvalue weighted by Gasteiger charge is 2.41. The first-order valence-corrected chi connectivity index (χ1v) is 7.27. The topological polar surface area (TPSA) is 58.6 Å². The molecule has 0 aliphatic heterocycles. The number of rotatable bonds is 8. The monoisotopic (exact) mass is 297 g/mol. The number of hydrogen-bond donors (Lipinski definition) is 2. The molecule has 0 unspecified atom stereocenters. The maximum absolute atomic E-state index is 11.6. The molecule has 1 aliphatic rings. The Morgan fingerprint density at radius 2 is 2.05 bits per heavy atom. The Balaban J connectivity index is 1.56. The number of halogens is 1. The van der Waals surface area contributed by atoms with Crippen molar-refractivity contribution in [2.24, 2.45) is 5.41 Å². The predicted molar refractivity (Wildman–Crippen MR) is 77.9 cm³/mol. The Labute approximate surface area is 124 Å². The van der Waals surface area contributed by atoms with Crippen molar-refractivity contribution in [1.29, 1.82) is 0 Å². The van der Waals surface area contributed by atoms with Crippen LogP contribution < -0.4 is 10.1 Å². The van der Waals surface area contributed by atoms with Crippen LogP contribution in [0.3, 0.4) is 0 Å². The second-order valence-electron chi connectivity index (χ2n) is 5.34. The fourth-order valence-electron chi connectivity index (χ4n) is 1.90. The van der Waals surface area contributed by atoms with Crippen LogP contribution in [-0.2, 0) is 4.79 Å². The largest absolute Gasteiger partial charge is 0.494 e. The average Bonchev–Trinajstić information content (AvgIpc) is 3.24. The van der Waals surface area contributed by atoms with Gasteiger partial charge in [0.25, 0.3) is 0 Å². The van der Waals surface area contributed by atoms with E-state index in [0.29, 0.717) is 31.0 Å². The fourth-order valence-corrected chi connectivity index (χ4v) is 2.02. The molecule has 1 aliphatic carbocycles. The Bertz CT molecular complexity index is 443. The molecule has 110 valence electrons. The molecule has 0 aromatic heterocycles. The molecule has 1 aromatic carbocycles. The minimum absolute atomic E-state index is 0.0180. The number of aliphatic hydroxyl groups excluding tert-OH is 1. The van der Waals surface area contributed by atoms with Gasteiger partial charge in [-0.2, -0.15) is 0 Å². The zero-order valence-corrected chi connectivity index (χ0v) is 12.2. The summed E-state index contributed by atoms with van der Waals surface area (Å²) in [6, 6.07) is 7.15. The van der Waals surface area contributed by atoms with E-state index in [1.165, 1.54) is 0 Å². The number of amides is 1. The van der Waals surface area contributed by atoms with Crippen molar-refractivity contribution in [1.82, 2.24) is 5.32 Å². The first-order chi connectivity index (χ1) is 9.63. The summed E-state index contributed by atoms with van der Waals surface area (Å²) in [5.74, 6) is 0.774. The van der Waals surface area contributed by atoms with Crippen LogP contribution in [0.4, 0.5) is 0 Å². The minimum Gasteiger partial charge on any atom is -0.494 e. The van der Waals surface area contributed by atoms with Gasteiger partial charge in [-0.05, 0) is 43.5 Å². The van der Waals surface area contributed by atoms with Crippen molar-refractivity contribution < 1.29 is 14.6 Å². The molecule has 1 amide bonds. The summed E-state index contributed by atoms with van der Waals surface area (Å²) >= 11 is 5.78. The lowest BCUT2D eigenvalue weighted by atomic mass is 10.1. The molecule has 0 radical (unpaired) electrons. The van der Waals surface area contributed by atoms with E-state index in [0.717, 1.165) is 18.6 Å². The molecule has 0 saturated heterocycles. The van der Waals surface area contributed by atoms with E-state index in [-0.39, 0.29) is 17.9 Å². The van der Waals surface area contributed by atoms with E-state index < -0.39 is 0 Å². The second-order valence-corrected chi connectivity index (χ2v) is 5.78. The summed E-state index contributed by atoms with van der Waals surface area (Å²) in [5.41, 5.74) is -0.0323. The van der Waals surface area contributed by atoms with Crippen LogP contribution in [0, 0.1) is 5.41 Å². The molecular formula is C15H20ClNO3. The van der Waals surface area contributed by atoms with Gasteiger partial charge >= 0.3 is 0 Å². The van der Waals surface area contributed by atoms with Gasteiger partial charge in [0.05, 0.1) is 13.2 Å². The Morgan fingerprint density at radius 1 is 1.35 bits per heavy atom. The standard InChI is InChI=1S/C15H20ClNO3/c16-12-3-5-13(6-4-12)20-9-1-2-14(19)17-10-15(11-18)7-8-15/h3-6,18H,1-2,7-11H2,(H,17,19). The molecule has 0 bridgehead atoms. The average molecular weight is 298 g/mol. The van der Waals surface area contributed by atoms with E-state index in [2.05, 4.69) is 5.32 Å². The van der Waals surface area contributed by atoms with Crippen LogP contribution in [0.25, 0.3) is 0 Å². The lowest BCUT2D eigenvalue weighted by Crippen LogP contribution is -2.31. The highest BCUT2D eigenvalue weighted by atomic mass is 35.5. The van der Waals surface area contributed by atoms with Gasteiger partial charge in [-0.3, -0.25) is 4.79 Å². The molecule has 1 aromatic rings. The van der Waals surface area contributed by atoms with Crippen LogP contribution in [0.2, 0.25) is 5.02 Å². The summed E-state index contributed by atoms with van der Waals surface area (Å²) in [4.78, 5) is 11.6. The van der Waals surface area contributed by atoms with E-state index in [1.807, 2.05) is 0 Å². The molecule has 20 heavy (non-hydrogen) atoms. The van der Waals surface area contributed by atoms with Crippen molar-refractivity contribution in [3.05, 3.63) is 29.3 Å². The van der Waals surface area contributed by atoms with E-state index in [1.54, 1.807) is 24.3 Å². The fraction of sp³-hybridized carbons (Fsp3) is 0.533. The molecule has 2 rings (SSSR count). The van der Waals surface area contributed by atoms with E-state index in [9.17, 15) is 4.79 Å². The number of ether oxygens (including phenoxy) is 1. The normalized spacial score (nSPS) is 15.7. The smallest absolute Gasteiger partial charge is 0.220 e. The van der Waals surface area contributed by atoms with Gasteiger partial charge in [-0.25, -0.2) is 0 Å². The molecule has 0 spiro atoms. The molecule has 5 heteroatoms. The SMILES string of the molecule is O=C(CCCOc1ccc(Cl)cc1)NCC1(CO)CC1. The zero-order valence-electron chi connectivity index (χ0n) is 11.4. The van der Waals surface area contributed by atoms with Gasteiger partial charge in [-0.1, -0.05) is 11.6 Å². The lowest BCUT2D eigenvalue weighted by molar-refractivity contribution is -0.121. The molecular weight excluding hydrogens is 278 g/mol. The number of nitrogens with one attached hydrogen (secondary N) is 1. The van der Waals surface area contributed by atoms with Crippen LogP contribution >= 0.6 is 11.6 Å². The first-order valence-electron chi connectivity index (χ1n) is 6.89. The number of aliphatic hydroxyl groups is 1. The van der Waals surface area contributed by atoms with Crippen LogP contribution in [0.15, 0.2) is 24.3 Å². The predicted octanol–water partition coefficient (Wildman–Crippen LogP) is 2.39. The highest BCUT2D eigenvalue weighted by molar-refractivity contribution is 6.30. The first kappa shape index (κ1) is 15.1. The van der Waals surface area contributed by atoms with Gasteiger partial charge in [0.15, 0.2) is 0 Å². The highest BCUT2D eigenvalue weighted by Crippen LogP contribution is 2.44. The van der Waals surface area contributed by atoms with Gasteiger partial charge < -0.3 is 15.2 Å². The van der Waals surface area contributed by atoms with Gasteiger partial charge in [0, 0.05) is 23.4 Å². The molecule has 0 heterocycles.